The Morgan fingerprint density at radius 2 is 1.83 bits per heavy atom. The number of carbonyl (C=O) groups is 1. The van der Waals surface area contributed by atoms with Crippen LogP contribution in [0.3, 0.4) is 0 Å². The number of hydrogen-bond acceptors (Lipinski definition) is 4. The normalized spacial score (nSPS) is 23.9. The van der Waals surface area contributed by atoms with Crippen molar-refractivity contribution < 1.29 is 4.79 Å². The van der Waals surface area contributed by atoms with Crippen molar-refractivity contribution in [3.63, 3.8) is 0 Å². The standard InChI is InChI=1S/C18H28N4O/c1-15-13-19-7-8-22(15)18(23)17-5-3-16(4-6-17)14-21-11-9-20(2)10-12-21/h3-6,15,19H,7-14H2,1-2H3/t15-/m1/s1. The lowest BCUT2D eigenvalue weighted by Gasteiger charge is -2.34. The molecule has 0 radical (unpaired) electrons. The van der Waals surface area contributed by atoms with E-state index in [9.17, 15) is 4.79 Å². The average molecular weight is 316 g/mol. The Morgan fingerprint density at radius 1 is 1.13 bits per heavy atom. The summed E-state index contributed by atoms with van der Waals surface area (Å²) in [6.07, 6.45) is 0. The fraction of sp³-hybridized carbons (Fsp3) is 0.611. The summed E-state index contributed by atoms with van der Waals surface area (Å²) in [5, 5.41) is 3.33. The van der Waals surface area contributed by atoms with E-state index < -0.39 is 0 Å². The summed E-state index contributed by atoms with van der Waals surface area (Å²) >= 11 is 0. The van der Waals surface area contributed by atoms with Crippen molar-refractivity contribution in [3.05, 3.63) is 35.4 Å². The van der Waals surface area contributed by atoms with E-state index in [1.165, 1.54) is 5.56 Å². The van der Waals surface area contributed by atoms with Gasteiger partial charge in [-0.2, -0.15) is 0 Å². The molecule has 2 aliphatic rings. The van der Waals surface area contributed by atoms with Gasteiger partial charge < -0.3 is 15.1 Å². The number of piperazine rings is 2. The quantitative estimate of drug-likeness (QED) is 0.898. The molecule has 126 valence electrons. The smallest absolute Gasteiger partial charge is 0.254 e. The molecule has 2 heterocycles. The van der Waals surface area contributed by atoms with E-state index in [2.05, 4.69) is 41.2 Å². The van der Waals surface area contributed by atoms with Gasteiger partial charge in [-0.1, -0.05) is 12.1 Å². The van der Waals surface area contributed by atoms with Crippen LogP contribution in [0.1, 0.15) is 22.8 Å². The fourth-order valence-corrected chi connectivity index (χ4v) is 3.33. The number of nitrogens with one attached hydrogen (secondary N) is 1. The van der Waals surface area contributed by atoms with E-state index in [4.69, 9.17) is 0 Å². The van der Waals surface area contributed by atoms with Crippen LogP contribution < -0.4 is 5.32 Å². The molecule has 0 aromatic heterocycles. The third-order valence-corrected chi connectivity index (χ3v) is 4.97. The van der Waals surface area contributed by atoms with Gasteiger partial charge in [-0.15, -0.1) is 0 Å². The molecule has 5 heteroatoms. The SMILES string of the molecule is C[C@@H]1CNCCN1C(=O)c1ccc(CN2CCN(C)CC2)cc1. The van der Waals surface area contributed by atoms with Crippen LogP contribution in [0, 0.1) is 0 Å². The lowest BCUT2D eigenvalue weighted by molar-refractivity contribution is 0.0655. The molecule has 1 amide bonds. The van der Waals surface area contributed by atoms with Gasteiger partial charge in [-0.05, 0) is 31.7 Å². The van der Waals surface area contributed by atoms with Crippen molar-refractivity contribution in [1.29, 1.82) is 0 Å². The molecule has 0 bridgehead atoms. The average Bonchev–Trinajstić information content (AvgIpc) is 2.57. The first-order valence-electron chi connectivity index (χ1n) is 8.65. The predicted molar refractivity (Wildman–Crippen MR) is 92.6 cm³/mol. The summed E-state index contributed by atoms with van der Waals surface area (Å²) in [5.41, 5.74) is 2.10. The number of amides is 1. The van der Waals surface area contributed by atoms with E-state index in [0.29, 0.717) is 0 Å². The first-order valence-corrected chi connectivity index (χ1v) is 8.65. The maximum atomic E-state index is 12.6. The van der Waals surface area contributed by atoms with E-state index in [1.54, 1.807) is 0 Å². The molecule has 2 fully saturated rings. The van der Waals surface area contributed by atoms with Crippen LogP contribution in [0.2, 0.25) is 0 Å². The summed E-state index contributed by atoms with van der Waals surface area (Å²) in [7, 11) is 2.18. The number of nitrogens with zero attached hydrogens (tertiary/aromatic N) is 3. The van der Waals surface area contributed by atoms with Crippen LogP contribution in [0.5, 0.6) is 0 Å². The fourth-order valence-electron chi connectivity index (χ4n) is 3.33. The molecular weight excluding hydrogens is 288 g/mol. The van der Waals surface area contributed by atoms with Crippen molar-refractivity contribution >= 4 is 5.91 Å². The second-order valence-electron chi connectivity index (χ2n) is 6.83. The minimum atomic E-state index is 0.158. The second-order valence-corrected chi connectivity index (χ2v) is 6.83. The van der Waals surface area contributed by atoms with Gasteiger partial charge in [0.15, 0.2) is 0 Å². The first kappa shape index (κ1) is 16.4. The van der Waals surface area contributed by atoms with Gasteiger partial charge in [0, 0.05) is 64.0 Å². The maximum Gasteiger partial charge on any atom is 0.254 e. The number of likely N-dealkylation sites (N-methyl/N-ethyl adjacent to an activating group) is 1. The van der Waals surface area contributed by atoms with E-state index in [-0.39, 0.29) is 11.9 Å². The highest BCUT2D eigenvalue weighted by Crippen LogP contribution is 2.13. The highest BCUT2D eigenvalue weighted by Gasteiger charge is 2.24. The zero-order valence-corrected chi connectivity index (χ0v) is 14.3. The molecule has 3 rings (SSSR count). The van der Waals surface area contributed by atoms with Gasteiger partial charge in [0.1, 0.15) is 0 Å². The van der Waals surface area contributed by atoms with Crippen LogP contribution >= 0.6 is 0 Å². The van der Waals surface area contributed by atoms with Gasteiger partial charge in [0.05, 0.1) is 0 Å². The summed E-state index contributed by atoms with van der Waals surface area (Å²) in [6, 6.07) is 8.46. The zero-order chi connectivity index (χ0) is 16.2. The number of hydrogen-bond donors (Lipinski definition) is 1. The largest absolute Gasteiger partial charge is 0.333 e. The minimum absolute atomic E-state index is 0.158. The van der Waals surface area contributed by atoms with E-state index >= 15 is 0 Å². The van der Waals surface area contributed by atoms with Gasteiger partial charge >= 0.3 is 0 Å². The molecule has 2 saturated heterocycles. The molecule has 1 aromatic carbocycles. The molecule has 1 aromatic rings. The molecule has 23 heavy (non-hydrogen) atoms. The number of benzene rings is 1. The lowest BCUT2D eigenvalue weighted by Crippen LogP contribution is -2.52. The molecule has 1 N–H and O–H groups in total. The third kappa shape index (κ3) is 4.10. The van der Waals surface area contributed by atoms with E-state index in [0.717, 1.165) is 57.9 Å². The van der Waals surface area contributed by atoms with Crippen LogP contribution in [0.25, 0.3) is 0 Å². The Bertz CT molecular complexity index is 522. The topological polar surface area (TPSA) is 38.8 Å². The minimum Gasteiger partial charge on any atom is -0.333 e. The van der Waals surface area contributed by atoms with Crippen molar-refractivity contribution in [2.75, 3.05) is 52.9 Å². The van der Waals surface area contributed by atoms with Crippen LogP contribution in [-0.2, 0) is 6.54 Å². The monoisotopic (exact) mass is 316 g/mol. The number of rotatable bonds is 3. The molecule has 5 nitrogen and oxygen atoms in total. The highest BCUT2D eigenvalue weighted by atomic mass is 16.2. The predicted octanol–water partition coefficient (Wildman–Crippen LogP) is 0.868. The Hall–Kier alpha value is -1.43. The van der Waals surface area contributed by atoms with Crippen LogP contribution in [0.15, 0.2) is 24.3 Å². The Morgan fingerprint density at radius 3 is 2.48 bits per heavy atom. The van der Waals surface area contributed by atoms with Crippen LogP contribution in [-0.4, -0.2) is 79.5 Å². The lowest BCUT2D eigenvalue weighted by atomic mass is 10.1. The molecular formula is C18H28N4O. The second kappa shape index (κ2) is 7.43. The molecule has 1 atom stereocenters. The van der Waals surface area contributed by atoms with Crippen LogP contribution in [0.4, 0.5) is 0 Å². The molecule has 2 aliphatic heterocycles. The summed E-state index contributed by atoms with van der Waals surface area (Å²) in [4.78, 5) is 19.5. The summed E-state index contributed by atoms with van der Waals surface area (Å²) in [5.74, 6) is 0.158. The molecule has 0 spiro atoms. The summed E-state index contributed by atoms with van der Waals surface area (Å²) < 4.78 is 0. The zero-order valence-electron chi connectivity index (χ0n) is 14.3. The van der Waals surface area contributed by atoms with Crippen molar-refractivity contribution in [3.8, 4) is 0 Å². The molecule has 0 saturated carbocycles. The highest BCUT2D eigenvalue weighted by molar-refractivity contribution is 5.94. The van der Waals surface area contributed by atoms with E-state index in [1.807, 2.05) is 17.0 Å². The van der Waals surface area contributed by atoms with Gasteiger partial charge in [0.25, 0.3) is 5.91 Å². The number of carbonyl (C=O) groups excluding carboxylic acids is 1. The van der Waals surface area contributed by atoms with Crippen molar-refractivity contribution in [2.45, 2.75) is 19.5 Å². The summed E-state index contributed by atoms with van der Waals surface area (Å²) in [6.45, 7) is 10.2. The Kier molecular flexibility index (Phi) is 5.30. The maximum absolute atomic E-state index is 12.6. The van der Waals surface area contributed by atoms with Gasteiger partial charge in [0.2, 0.25) is 0 Å². The van der Waals surface area contributed by atoms with Crippen molar-refractivity contribution in [1.82, 2.24) is 20.0 Å². The van der Waals surface area contributed by atoms with Crippen molar-refractivity contribution in [2.24, 2.45) is 0 Å². The Balaban J connectivity index is 1.59. The van der Waals surface area contributed by atoms with Gasteiger partial charge in [-0.3, -0.25) is 9.69 Å². The third-order valence-electron chi connectivity index (χ3n) is 4.97. The Labute approximate surface area is 139 Å². The molecule has 0 aliphatic carbocycles. The van der Waals surface area contributed by atoms with Gasteiger partial charge in [-0.25, -0.2) is 0 Å². The molecule has 0 unspecified atom stereocenters. The first-order chi connectivity index (χ1) is 11.1.